The normalized spacial score (nSPS) is 13.8. The van der Waals surface area contributed by atoms with Crippen molar-refractivity contribution in [2.24, 2.45) is 0 Å². The quantitative estimate of drug-likeness (QED) is 0.221. The Kier molecular flexibility index (Phi) is 10.3. The number of aliphatic hydroxyl groups is 2. The van der Waals surface area contributed by atoms with Gasteiger partial charge in [0.15, 0.2) is 0 Å². The molecule has 0 aliphatic heterocycles. The third kappa shape index (κ3) is 9.57. The van der Waals surface area contributed by atoms with E-state index in [1.165, 1.54) is 0 Å². The molecule has 0 aliphatic rings. The van der Waals surface area contributed by atoms with E-state index in [2.05, 4.69) is 11.3 Å². The molecule has 0 bridgehead atoms. The summed E-state index contributed by atoms with van der Waals surface area (Å²) in [5.41, 5.74) is 0. The Labute approximate surface area is 112 Å². The molecule has 19 heavy (non-hydrogen) atoms. The van der Waals surface area contributed by atoms with Gasteiger partial charge in [-0.1, -0.05) is 13.5 Å². The monoisotopic (exact) mass is 278 g/mol. The molecule has 0 aliphatic carbocycles. The highest BCUT2D eigenvalue weighted by Crippen LogP contribution is 2.11. The number of carbonyl (C=O) groups excluding carboxylic acids is 1. The zero-order chi connectivity index (χ0) is 14.6. The van der Waals surface area contributed by atoms with Gasteiger partial charge in [0, 0.05) is 6.08 Å². The molecule has 0 rings (SSSR count). The molecule has 0 fully saturated rings. The zero-order valence-electron chi connectivity index (χ0n) is 11.2. The highest BCUT2D eigenvalue weighted by molar-refractivity contribution is 5.81. The predicted octanol–water partition coefficient (Wildman–Crippen LogP) is -0.186. The molecule has 0 saturated heterocycles. The second-order valence-corrected chi connectivity index (χ2v) is 3.57. The SMILES string of the molecule is C=CC(=O)OC(O)(COCCOCCO)OCCC. The second kappa shape index (κ2) is 10.9. The highest BCUT2D eigenvalue weighted by atomic mass is 16.8. The molecular weight excluding hydrogens is 256 g/mol. The Hall–Kier alpha value is -0.990. The van der Waals surface area contributed by atoms with Crippen molar-refractivity contribution in [3.8, 4) is 0 Å². The predicted molar refractivity (Wildman–Crippen MR) is 66.2 cm³/mol. The number of hydrogen-bond donors (Lipinski definition) is 2. The summed E-state index contributed by atoms with van der Waals surface area (Å²) in [5, 5.41) is 18.4. The Balaban J connectivity index is 4.03. The summed E-state index contributed by atoms with van der Waals surface area (Å²) in [6, 6.07) is 0. The van der Waals surface area contributed by atoms with Crippen LogP contribution in [-0.4, -0.2) is 61.8 Å². The minimum Gasteiger partial charge on any atom is -0.403 e. The molecule has 0 aromatic rings. The first-order valence-corrected chi connectivity index (χ1v) is 6.06. The standard InChI is InChI=1S/C12H22O7/c1-3-6-18-12(15,19-11(14)4-2)10-17-9-8-16-7-5-13/h4,13,15H,2-3,5-10H2,1H3. The van der Waals surface area contributed by atoms with Crippen LogP contribution < -0.4 is 0 Å². The lowest BCUT2D eigenvalue weighted by Crippen LogP contribution is -2.43. The third-order valence-electron chi connectivity index (χ3n) is 1.85. The molecule has 2 N–H and O–H groups in total. The van der Waals surface area contributed by atoms with Crippen molar-refractivity contribution in [1.82, 2.24) is 0 Å². The fraction of sp³-hybridized carbons (Fsp3) is 0.750. The zero-order valence-corrected chi connectivity index (χ0v) is 11.2. The van der Waals surface area contributed by atoms with E-state index in [0.29, 0.717) is 6.42 Å². The lowest BCUT2D eigenvalue weighted by molar-refractivity contribution is -0.356. The number of carbonyl (C=O) groups is 1. The molecule has 0 saturated carbocycles. The lowest BCUT2D eigenvalue weighted by atomic mass is 10.5. The maximum absolute atomic E-state index is 11.1. The number of ether oxygens (including phenoxy) is 4. The molecular formula is C12H22O7. The average Bonchev–Trinajstić information content (AvgIpc) is 2.40. The topological polar surface area (TPSA) is 94.5 Å². The van der Waals surface area contributed by atoms with Gasteiger partial charge < -0.3 is 29.2 Å². The molecule has 0 aromatic carbocycles. The van der Waals surface area contributed by atoms with E-state index in [-0.39, 0.29) is 39.6 Å². The number of aliphatic hydroxyl groups excluding tert-OH is 1. The largest absolute Gasteiger partial charge is 0.403 e. The second-order valence-electron chi connectivity index (χ2n) is 3.57. The molecule has 0 heterocycles. The van der Waals surface area contributed by atoms with Gasteiger partial charge in [-0.15, -0.1) is 0 Å². The van der Waals surface area contributed by atoms with Gasteiger partial charge in [-0.25, -0.2) is 4.79 Å². The number of esters is 1. The van der Waals surface area contributed by atoms with Crippen LogP contribution in [0.2, 0.25) is 0 Å². The van der Waals surface area contributed by atoms with Crippen molar-refractivity contribution in [2.45, 2.75) is 19.3 Å². The fourth-order valence-electron chi connectivity index (χ4n) is 1.05. The lowest BCUT2D eigenvalue weighted by Gasteiger charge is -2.26. The van der Waals surface area contributed by atoms with Crippen molar-refractivity contribution in [2.75, 3.05) is 39.6 Å². The maximum atomic E-state index is 11.1. The van der Waals surface area contributed by atoms with E-state index in [1.807, 2.05) is 6.92 Å². The fourth-order valence-corrected chi connectivity index (χ4v) is 1.05. The molecule has 7 nitrogen and oxygen atoms in total. The van der Waals surface area contributed by atoms with Gasteiger partial charge in [0.25, 0.3) is 0 Å². The third-order valence-corrected chi connectivity index (χ3v) is 1.85. The maximum Gasteiger partial charge on any atom is 0.351 e. The van der Waals surface area contributed by atoms with Crippen molar-refractivity contribution in [3.05, 3.63) is 12.7 Å². The van der Waals surface area contributed by atoms with Gasteiger partial charge in [0.05, 0.1) is 33.0 Å². The summed E-state index contributed by atoms with van der Waals surface area (Å²) in [5.74, 6) is -2.93. The van der Waals surface area contributed by atoms with Crippen LogP contribution in [0, 0.1) is 0 Å². The number of hydrogen-bond acceptors (Lipinski definition) is 7. The van der Waals surface area contributed by atoms with Crippen LogP contribution in [0.4, 0.5) is 0 Å². The van der Waals surface area contributed by atoms with Gasteiger partial charge in [-0.05, 0) is 6.42 Å². The van der Waals surface area contributed by atoms with E-state index in [1.54, 1.807) is 0 Å². The summed E-state index contributed by atoms with van der Waals surface area (Å²) in [4.78, 5) is 11.1. The summed E-state index contributed by atoms with van der Waals surface area (Å²) in [6.07, 6.45) is 1.57. The Morgan fingerprint density at radius 2 is 1.95 bits per heavy atom. The Morgan fingerprint density at radius 1 is 1.26 bits per heavy atom. The molecule has 7 heteroatoms. The molecule has 0 spiro atoms. The number of rotatable bonds is 12. The van der Waals surface area contributed by atoms with Gasteiger partial charge >= 0.3 is 11.9 Å². The molecule has 112 valence electrons. The highest BCUT2D eigenvalue weighted by Gasteiger charge is 2.32. The van der Waals surface area contributed by atoms with E-state index in [9.17, 15) is 9.90 Å². The van der Waals surface area contributed by atoms with Crippen LogP contribution in [0.5, 0.6) is 0 Å². The first-order chi connectivity index (χ1) is 9.08. The smallest absolute Gasteiger partial charge is 0.351 e. The average molecular weight is 278 g/mol. The van der Waals surface area contributed by atoms with Gasteiger partial charge in [0.2, 0.25) is 0 Å². The van der Waals surface area contributed by atoms with Crippen molar-refractivity contribution < 1.29 is 34.0 Å². The van der Waals surface area contributed by atoms with Crippen LogP contribution in [0.1, 0.15) is 13.3 Å². The van der Waals surface area contributed by atoms with Crippen LogP contribution in [0.25, 0.3) is 0 Å². The van der Waals surface area contributed by atoms with E-state index in [0.717, 1.165) is 6.08 Å². The van der Waals surface area contributed by atoms with E-state index < -0.39 is 11.9 Å². The van der Waals surface area contributed by atoms with Crippen molar-refractivity contribution in [1.29, 1.82) is 0 Å². The first kappa shape index (κ1) is 18.0. The van der Waals surface area contributed by atoms with Gasteiger partial charge in [-0.2, -0.15) is 0 Å². The van der Waals surface area contributed by atoms with E-state index in [4.69, 9.17) is 19.3 Å². The Bertz CT molecular complexity index is 256. The molecule has 0 radical (unpaired) electrons. The van der Waals surface area contributed by atoms with Crippen molar-refractivity contribution >= 4 is 5.97 Å². The van der Waals surface area contributed by atoms with Crippen LogP contribution >= 0.6 is 0 Å². The minimum absolute atomic E-state index is 0.0690. The van der Waals surface area contributed by atoms with Crippen LogP contribution in [-0.2, 0) is 23.7 Å². The van der Waals surface area contributed by atoms with Crippen molar-refractivity contribution in [3.63, 3.8) is 0 Å². The first-order valence-electron chi connectivity index (χ1n) is 6.06. The van der Waals surface area contributed by atoms with Crippen LogP contribution in [0.15, 0.2) is 12.7 Å². The van der Waals surface area contributed by atoms with Gasteiger partial charge in [0.1, 0.15) is 6.61 Å². The van der Waals surface area contributed by atoms with Crippen LogP contribution in [0.3, 0.4) is 0 Å². The summed E-state index contributed by atoms with van der Waals surface area (Å²) < 4.78 is 19.8. The molecule has 1 atom stereocenters. The summed E-state index contributed by atoms with van der Waals surface area (Å²) in [7, 11) is 0. The Morgan fingerprint density at radius 3 is 2.53 bits per heavy atom. The summed E-state index contributed by atoms with van der Waals surface area (Å²) >= 11 is 0. The minimum atomic E-state index is -2.13. The van der Waals surface area contributed by atoms with E-state index >= 15 is 0 Å². The molecule has 0 amide bonds. The molecule has 0 aromatic heterocycles. The molecule has 1 unspecified atom stereocenters. The summed E-state index contributed by atoms with van der Waals surface area (Å²) in [6.45, 7) is 5.52. The van der Waals surface area contributed by atoms with Gasteiger partial charge in [-0.3, -0.25) is 0 Å².